The molecule has 0 unspecified atom stereocenters. The fourth-order valence-corrected chi connectivity index (χ4v) is 3.87. The first-order valence-corrected chi connectivity index (χ1v) is 8.72. The third-order valence-corrected chi connectivity index (χ3v) is 4.96. The maximum atomic E-state index is 12.6. The summed E-state index contributed by atoms with van der Waals surface area (Å²) in [6.45, 7) is 9.23. The minimum Gasteiger partial charge on any atom is -0.207 e. The van der Waals surface area contributed by atoms with Gasteiger partial charge in [-0.2, -0.15) is 4.31 Å². The largest absolute Gasteiger partial charge is 0.243 e. The van der Waals surface area contributed by atoms with Gasteiger partial charge in [-0.1, -0.05) is 43.6 Å². The second-order valence-corrected chi connectivity index (χ2v) is 8.42. The van der Waals surface area contributed by atoms with Crippen LogP contribution in [-0.4, -0.2) is 25.8 Å². The second kappa shape index (κ2) is 6.86. The first-order valence-electron chi connectivity index (χ1n) is 6.49. The topological polar surface area (TPSA) is 37.4 Å². The number of hydrogen-bond acceptors (Lipinski definition) is 2. The molecule has 0 saturated carbocycles. The molecule has 0 N–H and O–H groups in total. The Bertz CT molecular complexity index is 485. The zero-order valence-electron chi connectivity index (χ0n) is 11.9. The lowest BCUT2D eigenvalue weighted by atomic mass is 10.2. The molecule has 0 atom stereocenters. The van der Waals surface area contributed by atoms with E-state index in [1.807, 2.05) is 27.7 Å². The van der Waals surface area contributed by atoms with Crippen LogP contribution >= 0.6 is 15.9 Å². The summed E-state index contributed by atoms with van der Waals surface area (Å²) < 4.78 is 27.7. The average molecular weight is 348 g/mol. The minimum absolute atomic E-state index is 0.309. The lowest BCUT2D eigenvalue weighted by molar-refractivity contribution is 0.333. The summed E-state index contributed by atoms with van der Waals surface area (Å²) in [6, 6.07) is 6.81. The molecule has 108 valence electrons. The molecule has 1 aromatic carbocycles. The number of halogens is 1. The molecule has 0 saturated heterocycles. The molecular weight excluding hydrogens is 326 g/mol. The molecule has 0 fully saturated rings. The predicted octanol–water partition coefficient (Wildman–Crippen LogP) is 3.75. The van der Waals surface area contributed by atoms with E-state index < -0.39 is 10.0 Å². The van der Waals surface area contributed by atoms with E-state index in [9.17, 15) is 8.42 Å². The van der Waals surface area contributed by atoms with Crippen LogP contribution in [0.2, 0.25) is 0 Å². The lowest BCUT2D eigenvalue weighted by Crippen LogP contribution is -2.36. The van der Waals surface area contributed by atoms with Crippen molar-refractivity contribution in [3.05, 3.63) is 28.7 Å². The van der Waals surface area contributed by atoms with Gasteiger partial charge < -0.3 is 0 Å². The Kier molecular flexibility index (Phi) is 6.02. The SMILES string of the molecule is CC(C)CN(CC(C)C)S(=O)(=O)c1ccc(Br)cc1. The van der Waals surface area contributed by atoms with Crippen molar-refractivity contribution in [2.45, 2.75) is 32.6 Å². The quantitative estimate of drug-likeness (QED) is 0.785. The smallest absolute Gasteiger partial charge is 0.207 e. The summed E-state index contributed by atoms with van der Waals surface area (Å²) in [6.07, 6.45) is 0. The van der Waals surface area contributed by atoms with E-state index in [0.717, 1.165) is 4.47 Å². The summed E-state index contributed by atoms with van der Waals surface area (Å²) in [5.41, 5.74) is 0. The van der Waals surface area contributed by atoms with Crippen molar-refractivity contribution in [3.63, 3.8) is 0 Å². The third kappa shape index (κ3) is 4.89. The Labute approximate surface area is 125 Å². The van der Waals surface area contributed by atoms with E-state index in [1.165, 1.54) is 0 Å². The normalized spacial score (nSPS) is 12.6. The molecule has 1 rings (SSSR count). The summed E-state index contributed by atoms with van der Waals surface area (Å²) in [5.74, 6) is 0.618. The van der Waals surface area contributed by atoms with E-state index >= 15 is 0 Å². The predicted molar refractivity (Wildman–Crippen MR) is 82.6 cm³/mol. The van der Waals surface area contributed by atoms with Crippen LogP contribution in [0.5, 0.6) is 0 Å². The molecule has 3 nitrogen and oxygen atoms in total. The zero-order chi connectivity index (χ0) is 14.6. The molecule has 5 heteroatoms. The van der Waals surface area contributed by atoms with Gasteiger partial charge in [-0.15, -0.1) is 0 Å². The molecule has 0 amide bonds. The Morgan fingerprint density at radius 1 is 1.00 bits per heavy atom. The van der Waals surface area contributed by atoms with E-state index in [-0.39, 0.29) is 0 Å². The van der Waals surface area contributed by atoms with E-state index in [2.05, 4.69) is 15.9 Å². The highest BCUT2D eigenvalue weighted by molar-refractivity contribution is 9.10. The fourth-order valence-electron chi connectivity index (χ4n) is 1.84. The standard InChI is InChI=1S/C14H22BrNO2S/c1-11(2)9-16(10-12(3)4)19(17,18)14-7-5-13(15)6-8-14/h5-8,11-12H,9-10H2,1-4H3. The maximum Gasteiger partial charge on any atom is 0.243 e. The molecule has 0 spiro atoms. The van der Waals surface area contributed by atoms with Crippen LogP contribution in [0.25, 0.3) is 0 Å². The summed E-state index contributed by atoms with van der Waals surface area (Å²) in [5, 5.41) is 0. The molecule has 0 aliphatic carbocycles. The number of sulfonamides is 1. The van der Waals surface area contributed by atoms with Crippen molar-refractivity contribution in [2.75, 3.05) is 13.1 Å². The number of nitrogens with zero attached hydrogens (tertiary/aromatic N) is 1. The van der Waals surface area contributed by atoms with Crippen molar-refractivity contribution in [2.24, 2.45) is 11.8 Å². The summed E-state index contributed by atoms with van der Waals surface area (Å²) in [7, 11) is -3.40. The van der Waals surface area contributed by atoms with Gasteiger partial charge in [0.05, 0.1) is 4.90 Å². The Hall–Kier alpha value is -0.390. The Morgan fingerprint density at radius 2 is 1.42 bits per heavy atom. The van der Waals surface area contributed by atoms with Crippen LogP contribution in [0, 0.1) is 11.8 Å². The highest BCUT2D eigenvalue weighted by Crippen LogP contribution is 2.20. The molecule has 0 aliphatic heterocycles. The van der Waals surface area contributed by atoms with E-state index in [0.29, 0.717) is 29.8 Å². The van der Waals surface area contributed by atoms with E-state index in [4.69, 9.17) is 0 Å². The third-order valence-electron chi connectivity index (χ3n) is 2.59. The van der Waals surface area contributed by atoms with Gasteiger partial charge in [0, 0.05) is 17.6 Å². The minimum atomic E-state index is -3.40. The fraction of sp³-hybridized carbons (Fsp3) is 0.571. The second-order valence-electron chi connectivity index (χ2n) is 5.56. The van der Waals surface area contributed by atoms with Crippen LogP contribution in [0.15, 0.2) is 33.6 Å². The van der Waals surface area contributed by atoms with Crippen molar-refractivity contribution in [1.82, 2.24) is 4.31 Å². The van der Waals surface area contributed by atoms with Crippen LogP contribution in [-0.2, 0) is 10.0 Å². The first-order chi connectivity index (χ1) is 8.73. The molecule has 0 heterocycles. The van der Waals surface area contributed by atoms with Gasteiger partial charge in [-0.3, -0.25) is 0 Å². The van der Waals surface area contributed by atoms with Crippen molar-refractivity contribution >= 4 is 26.0 Å². The van der Waals surface area contributed by atoms with Crippen molar-refractivity contribution in [3.8, 4) is 0 Å². The summed E-state index contributed by atoms with van der Waals surface area (Å²) in [4.78, 5) is 0.358. The highest BCUT2D eigenvalue weighted by atomic mass is 79.9. The Balaban J connectivity index is 3.07. The molecule has 0 aromatic heterocycles. The van der Waals surface area contributed by atoms with Crippen LogP contribution in [0.3, 0.4) is 0 Å². The number of rotatable bonds is 6. The summed E-state index contributed by atoms with van der Waals surface area (Å²) >= 11 is 3.32. The zero-order valence-corrected chi connectivity index (χ0v) is 14.3. The van der Waals surface area contributed by atoms with Crippen molar-refractivity contribution in [1.29, 1.82) is 0 Å². The van der Waals surface area contributed by atoms with Gasteiger partial charge in [0.15, 0.2) is 0 Å². The molecule has 19 heavy (non-hydrogen) atoms. The molecule has 0 bridgehead atoms. The first kappa shape index (κ1) is 16.7. The van der Waals surface area contributed by atoms with Crippen molar-refractivity contribution < 1.29 is 8.42 Å². The van der Waals surface area contributed by atoms with Gasteiger partial charge in [0.2, 0.25) is 10.0 Å². The van der Waals surface area contributed by atoms with Crippen LogP contribution in [0.1, 0.15) is 27.7 Å². The molecule has 0 radical (unpaired) electrons. The highest BCUT2D eigenvalue weighted by Gasteiger charge is 2.25. The molecule has 0 aliphatic rings. The van der Waals surface area contributed by atoms with Gasteiger partial charge >= 0.3 is 0 Å². The monoisotopic (exact) mass is 347 g/mol. The van der Waals surface area contributed by atoms with Crippen LogP contribution in [0.4, 0.5) is 0 Å². The van der Waals surface area contributed by atoms with E-state index in [1.54, 1.807) is 28.6 Å². The average Bonchev–Trinajstić information content (AvgIpc) is 2.27. The maximum absolute atomic E-state index is 12.6. The lowest BCUT2D eigenvalue weighted by Gasteiger charge is -2.25. The Morgan fingerprint density at radius 3 is 1.79 bits per heavy atom. The van der Waals surface area contributed by atoms with Gasteiger partial charge in [0.1, 0.15) is 0 Å². The molecular formula is C14H22BrNO2S. The molecule has 1 aromatic rings. The van der Waals surface area contributed by atoms with Crippen LogP contribution < -0.4 is 0 Å². The number of benzene rings is 1. The van der Waals surface area contributed by atoms with Gasteiger partial charge in [0.25, 0.3) is 0 Å². The van der Waals surface area contributed by atoms with Gasteiger partial charge in [-0.25, -0.2) is 8.42 Å². The number of hydrogen-bond donors (Lipinski definition) is 0. The van der Waals surface area contributed by atoms with Gasteiger partial charge in [-0.05, 0) is 36.1 Å².